The van der Waals surface area contributed by atoms with E-state index in [4.69, 9.17) is 0 Å². The fourth-order valence-corrected chi connectivity index (χ4v) is 4.32. The van der Waals surface area contributed by atoms with E-state index >= 15 is 0 Å². The number of benzene rings is 1. The third-order valence-corrected chi connectivity index (χ3v) is 5.71. The van der Waals surface area contributed by atoms with Crippen LogP contribution in [0.4, 0.5) is 5.69 Å². The van der Waals surface area contributed by atoms with Gasteiger partial charge in [-0.15, -0.1) is 0 Å². The van der Waals surface area contributed by atoms with Gasteiger partial charge in [-0.3, -0.25) is 9.59 Å². The first-order chi connectivity index (χ1) is 10.0. The normalized spacial score (nSPS) is 25.8. The van der Waals surface area contributed by atoms with Gasteiger partial charge in [-0.25, -0.2) is 0 Å². The van der Waals surface area contributed by atoms with Crippen LogP contribution in [-0.2, 0) is 9.59 Å². The summed E-state index contributed by atoms with van der Waals surface area (Å²) in [6, 6.07) is 7.94. The van der Waals surface area contributed by atoms with Crippen molar-refractivity contribution < 1.29 is 9.59 Å². The van der Waals surface area contributed by atoms with Gasteiger partial charge in [0.2, 0.25) is 5.91 Å². The predicted octanol–water partition coefficient (Wildman–Crippen LogP) is 2.57. The van der Waals surface area contributed by atoms with Gasteiger partial charge in [-0.05, 0) is 31.9 Å². The van der Waals surface area contributed by atoms with E-state index in [1.165, 1.54) is 11.8 Å². The van der Waals surface area contributed by atoms with Crippen LogP contribution in [0.2, 0.25) is 0 Å². The molecular formula is C16H20N2O2S. The molecule has 0 radical (unpaired) electrons. The van der Waals surface area contributed by atoms with Crippen LogP contribution in [0.15, 0.2) is 29.2 Å². The number of fused-ring (bicyclic) bond motifs is 1. The number of nitrogens with one attached hydrogen (secondary N) is 1. The van der Waals surface area contributed by atoms with Gasteiger partial charge in [0.15, 0.2) is 4.75 Å². The highest BCUT2D eigenvalue weighted by atomic mass is 32.2. The van der Waals surface area contributed by atoms with E-state index in [2.05, 4.69) is 5.32 Å². The van der Waals surface area contributed by atoms with E-state index in [1.807, 2.05) is 24.3 Å². The first kappa shape index (κ1) is 14.4. The van der Waals surface area contributed by atoms with E-state index in [0.717, 1.165) is 36.3 Å². The van der Waals surface area contributed by atoms with E-state index in [-0.39, 0.29) is 17.9 Å². The van der Waals surface area contributed by atoms with E-state index in [1.54, 1.807) is 18.9 Å². The molecule has 1 fully saturated rings. The average Bonchev–Trinajstić information content (AvgIpc) is 2.98. The third kappa shape index (κ3) is 2.44. The van der Waals surface area contributed by atoms with E-state index < -0.39 is 4.75 Å². The smallest absolute Gasteiger partial charge is 0.252 e. The van der Waals surface area contributed by atoms with Crippen LogP contribution < -0.4 is 10.2 Å². The number of anilines is 1. The number of carbonyl (C=O) groups is 2. The molecule has 2 aliphatic rings. The summed E-state index contributed by atoms with van der Waals surface area (Å²) in [5.74, 6) is -0.313. The second-order valence-corrected chi connectivity index (χ2v) is 7.38. The minimum Gasteiger partial charge on any atom is -0.352 e. The Bertz CT molecular complexity index is 583. The summed E-state index contributed by atoms with van der Waals surface area (Å²) >= 11 is 1.36. The van der Waals surface area contributed by atoms with Gasteiger partial charge in [0.25, 0.3) is 5.91 Å². The molecule has 5 heteroatoms. The third-order valence-electron chi connectivity index (χ3n) is 4.38. The molecule has 1 saturated carbocycles. The molecule has 0 saturated heterocycles. The highest BCUT2D eigenvalue weighted by Crippen LogP contribution is 2.44. The Balaban J connectivity index is 1.86. The number of para-hydroxylation sites is 1. The molecule has 0 spiro atoms. The highest BCUT2D eigenvalue weighted by Gasteiger charge is 2.48. The number of hydrogen-bond donors (Lipinski definition) is 1. The number of carbonyl (C=O) groups excluding carboxylic acids is 2. The van der Waals surface area contributed by atoms with Crippen LogP contribution in [0.1, 0.15) is 32.6 Å². The van der Waals surface area contributed by atoms with Gasteiger partial charge < -0.3 is 10.2 Å². The lowest BCUT2D eigenvalue weighted by Gasteiger charge is -2.37. The molecule has 1 aliphatic carbocycles. The maximum absolute atomic E-state index is 12.7. The zero-order chi connectivity index (χ0) is 15.0. The van der Waals surface area contributed by atoms with Gasteiger partial charge in [0.1, 0.15) is 0 Å². The Morgan fingerprint density at radius 2 is 2.00 bits per heavy atom. The molecule has 1 heterocycles. The largest absolute Gasteiger partial charge is 0.352 e. The second-order valence-electron chi connectivity index (χ2n) is 5.92. The van der Waals surface area contributed by atoms with Crippen LogP contribution in [0.3, 0.4) is 0 Å². The molecule has 1 N–H and O–H groups in total. The summed E-state index contributed by atoms with van der Waals surface area (Å²) in [5, 5.41) is 3.06. The quantitative estimate of drug-likeness (QED) is 0.854. The Hall–Kier alpha value is -1.49. The summed E-state index contributed by atoms with van der Waals surface area (Å²) in [7, 11) is 1.74. The van der Waals surface area contributed by atoms with Crippen molar-refractivity contribution in [1.29, 1.82) is 0 Å². The van der Waals surface area contributed by atoms with Gasteiger partial charge in [-0.2, -0.15) is 0 Å². The van der Waals surface area contributed by atoms with E-state index in [9.17, 15) is 9.59 Å². The van der Waals surface area contributed by atoms with Crippen LogP contribution in [-0.4, -0.2) is 29.7 Å². The summed E-state index contributed by atoms with van der Waals surface area (Å²) in [4.78, 5) is 27.9. The first-order valence-electron chi connectivity index (χ1n) is 7.39. The Labute approximate surface area is 129 Å². The highest BCUT2D eigenvalue weighted by molar-refractivity contribution is 8.02. The molecule has 1 atom stereocenters. The summed E-state index contributed by atoms with van der Waals surface area (Å²) in [5.41, 5.74) is 0.874. The topological polar surface area (TPSA) is 49.4 Å². The second kappa shape index (κ2) is 5.37. The zero-order valence-corrected chi connectivity index (χ0v) is 13.2. The minimum atomic E-state index is -1.08. The van der Waals surface area contributed by atoms with Crippen molar-refractivity contribution >= 4 is 29.3 Å². The molecule has 1 aromatic carbocycles. The van der Waals surface area contributed by atoms with Crippen molar-refractivity contribution in [2.24, 2.45) is 0 Å². The molecule has 0 bridgehead atoms. The van der Waals surface area contributed by atoms with Crippen molar-refractivity contribution in [2.45, 2.75) is 48.3 Å². The lowest BCUT2D eigenvalue weighted by Crippen LogP contribution is -2.56. The Morgan fingerprint density at radius 3 is 2.71 bits per heavy atom. The fourth-order valence-electron chi connectivity index (χ4n) is 3.05. The van der Waals surface area contributed by atoms with Gasteiger partial charge in [0, 0.05) is 18.0 Å². The maximum Gasteiger partial charge on any atom is 0.252 e. The van der Waals surface area contributed by atoms with Crippen LogP contribution in [0.5, 0.6) is 0 Å². The first-order valence-corrected chi connectivity index (χ1v) is 8.21. The van der Waals surface area contributed by atoms with Crippen molar-refractivity contribution in [1.82, 2.24) is 5.32 Å². The molecule has 1 aliphatic heterocycles. The Kier molecular flexibility index (Phi) is 3.69. The van der Waals surface area contributed by atoms with Crippen molar-refractivity contribution in [3.05, 3.63) is 24.3 Å². The van der Waals surface area contributed by atoms with Gasteiger partial charge >= 0.3 is 0 Å². The Morgan fingerprint density at radius 1 is 1.33 bits per heavy atom. The molecule has 0 unspecified atom stereocenters. The molecule has 4 nitrogen and oxygen atoms in total. The fraction of sp³-hybridized carbons (Fsp3) is 0.500. The maximum atomic E-state index is 12.7. The summed E-state index contributed by atoms with van der Waals surface area (Å²) in [6.07, 6.45) is 4.36. The standard InChI is InChI=1S/C16H20N2O2S/c1-16(14(19)17-11-7-3-4-8-11)15(20)18(2)12-9-5-6-10-13(12)21-16/h5-6,9-11H,3-4,7-8H2,1-2H3,(H,17,19)/t16-/m1/s1. The molecule has 2 amide bonds. The summed E-state index contributed by atoms with van der Waals surface area (Å²) < 4.78 is -1.08. The van der Waals surface area contributed by atoms with Crippen LogP contribution in [0.25, 0.3) is 0 Å². The van der Waals surface area contributed by atoms with Gasteiger partial charge in [-0.1, -0.05) is 36.7 Å². The number of hydrogen-bond acceptors (Lipinski definition) is 3. The average molecular weight is 304 g/mol. The molecule has 112 valence electrons. The van der Waals surface area contributed by atoms with Crippen LogP contribution >= 0.6 is 11.8 Å². The summed E-state index contributed by atoms with van der Waals surface area (Å²) in [6.45, 7) is 1.73. The minimum absolute atomic E-state index is 0.151. The van der Waals surface area contributed by atoms with E-state index in [0.29, 0.717) is 0 Å². The number of rotatable bonds is 2. The van der Waals surface area contributed by atoms with Crippen molar-refractivity contribution in [3.63, 3.8) is 0 Å². The molecule has 21 heavy (non-hydrogen) atoms. The van der Waals surface area contributed by atoms with Gasteiger partial charge in [0.05, 0.1) is 5.69 Å². The molecular weight excluding hydrogens is 284 g/mol. The molecule has 1 aromatic rings. The SMILES string of the molecule is CN1C(=O)[C@@](C)(C(=O)NC2CCCC2)Sc2ccccc21. The van der Waals surface area contributed by atoms with Crippen molar-refractivity contribution in [2.75, 3.05) is 11.9 Å². The molecule has 3 rings (SSSR count). The predicted molar refractivity (Wildman–Crippen MR) is 84.5 cm³/mol. The van der Waals surface area contributed by atoms with Crippen LogP contribution in [0, 0.1) is 0 Å². The number of nitrogens with zero attached hydrogens (tertiary/aromatic N) is 1. The number of amides is 2. The zero-order valence-electron chi connectivity index (χ0n) is 12.4. The van der Waals surface area contributed by atoms with Crippen molar-refractivity contribution in [3.8, 4) is 0 Å². The lowest BCUT2D eigenvalue weighted by molar-refractivity contribution is -0.131. The molecule has 0 aromatic heterocycles. The monoisotopic (exact) mass is 304 g/mol. The lowest BCUT2D eigenvalue weighted by atomic mass is 10.1. The number of thioether (sulfide) groups is 1.